The summed E-state index contributed by atoms with van der Waals surface area (Å²) in [5.41, 5.74) is 0.331. The molecule has 0 amide bonds. The van der Waals surface area contributed by atoms with Gasteiger partial charge in [-0.05, 0) is 24.3 Å². The third kappa shape index (κ3) is 3.47. The van der Waals surface area contributed by atoms with Crippen molar-refractivity contribution in [1.29, 1.82) is 0 Å². The van der Waals surface area contributed by atoms with Crippen LogP contribution in [-0.4, -0.2) is 31.8 Å². The summed E-state index contributed by atoms with van der Waals surface area (Å²) in [6.45, 7) is 4.69. The number of hydrogen-bond donors (Lipinski definition) is 1. The summed E-state index contributed by atoms with van der Waals surface area (Å²) in [6, 6.07) is 7.58. The lowest BCUT2D eigenvalue weighted by atomic mass is 10.2. The quantitative estimate of drug-likeness (QED) is 0.705. The summed E-state index contributed by atoms with van der Waals surface area (Å²) >= 11 is 0. The van der Waals surface area contributed by atoms with E-state index >= 15 is 0 Å². The first kappa shape index (κ1) is 17.4. The van der Waals surface area contributed by atoms with Crippen LogP contribution in [0.1, 0.15) is 25.7 Å². The average molecular weight is 391 g/mol. The van der Waals surface area contributed by atoms with E-state index in [0.717, 1.165) is 0 Å². The Kier molecular flexibility index (Phi) is 4.27. The third-order valence-corrected chi connectivity index (χ3v) is 5.04. The molecule has 0 saturated carbocycles. The van der Waals surface area contributed by atoms with Crippen LogP contribution in [0.5, 0.6) is 11.5 Å². The molecule has 0 spiro atoms. The van der Waals surface area contributed by atoms with Gasteiger partial charge in [-0.25, -0.2) is 0 Å². The number of nitrogens with zero attached hydrogens (tertiary/aromatic N) is 2. The highest BCUT2D eigenvalue weighted by molar-refractivity contribution is 7.92. The van der Waals surface area contributed by atoms with E-state index in [1.165, 1.54) is 12.1 Å². The molecule has 1 aliphatic rings. The van der Waals surface area contributed by atoms with E-state index < -0.39 is 10.0 Å². The number of hydrogen-bond acceptors (Lipinski definition) is 8. The molecule has 3 aromatic rings. The highest BCUT2D eigenvalue weighted by Gasteiger charge is 2.23. The van der Waals surface area contributed by atoms with Gasteiger partial charge in [0.2, 0.25) is 11.0 Å². The lowest BCUT2D eigenvalue weighted by Crippen LogP contribution is -2.16. The maximum absolute atomic E-state index is 12.6. The monoisotopic (exact) mass is 391 g/mol. The number of anilines is 1. The van der Waals surface area contributed by atoms with Gasteiger partial charge in [-0.3, -0.25) is 4.72 Å². The van der Waals surface area contributed by atoms with E-state index in [-0.39, 0.29) is 22.7 Å². The number of aromatic nitrogens is 2. The minimum Gasteiger partial charge on any atom is -0.486 e. The average Bonchev–Trinajstić information content (AvgIpc) is 3.31. The molecule has 4 rings (SSSR count). The predicted octanol–water partition coefficient (Wildman–Crippen LogP) is 3.03. The van der Waals surface area contributed by atoms with Crippen molar-refractivity contribution < 1.29 is 26.7 Å². The highest BCUT2D eigenvalue weighted by Crippen LogP contribution is 2.33. The predicted molar refractivity (Wildman–Crippen MR) is 94.3 cm³/mol. The van der Waals surface area contributed by atoms with Crippen LogP contribution in [0.15, 0.2) is 44.3 Å². The Bertz CT molecular complexity index is 1070. The number of benzene rings is 1. The number of ether oxygens (including phenoxy) is 2. The van der Waals surface area contributed by atoms with E-state index in [1.807, 2.05) is 13.8 Å². The smallest absolute Gasteiger partial charge is 0.295 e. The number of nitrogens with one attached hydrogen (secondary N) is 1. The van der Waals surface area contributed by atoms with Crippen molar-refractivity contribution in [3.05, 3.63) is 36.2 Å². The lowest BCUT2D eigenvalue weighted by Gasteiger charge is -2.19. The van der Waals surface area contributed by atoms with Gasteiger partial charge in [0, 0.05) is 12.0 Å². The van der Waals surface area contributed by atoms with Crippen molar-refractivity contribution in [3.63, 3.8) is 0 Å². The number of fused-ring (bicyclic) bond motifs is 1. The Morgan fingerprint density at radius 2 is 1.78 bits per heavy atom. The van der Waals surface area contributed by atoms with Gasteiger partial charge in [-0.2, -0.15) is 8.42 Å². The Hall–Kier alpha value is -3.01. The third-order valence-electron chi connectivity index (χ3n) is 3.79. The van der Waals surface area contributed by atoms with Crippen molar-refractivity contribution in [2.75, 3.05) is 17.9 Å². The second-order valence-electron chi connectivity index (χ2n) is 6.18. The molecule has 0 radical (unpaired) electrons. The molecule has 0 atom stereocenters. The van der Waals surface area contributed by atoms with Crippen LogP contribution in [0, 0.1) is 0 Å². The van der Waals surface area contributed by atoms with Crippen LogP contribution in [0.4, 0.5) is 5.69 Å². The van der Waals surface area contributed by atoms with E-state index in [4.69, 9.17) is 18.3 Å². The molecular formula is C17H17N3O6S. The number of rotatable bonds is 5. The normalized spacial score (nSPS) is 13.7. The van der Waals surface area contributed by atoms with E-state index in [2.05, 4.69) is 14.9 Å². The molecule has 2 aromatic heterocycles. The zero-order chi connectivity index (χ0) is 19.0. The van der Waals surface area contributed by atoms with Crippen molar-refractivity contribution in [1.82, 2.24) is 10.2 Å². The maximum atomic E-state index is 12.6. The maximum Gasteiger partial charge on any atom is 0.295 e. The molecular weight excluding hydrogens is 374 g/mol. The van der Waals surface area contributed by atoms with Gasteiger partial charge in [0.25, 0.3) is 15.9 Å². The van der Waals surface area contributed by atoms with Gasteiger partial charge in [-0.15, -0.1) is 10.2 Å². The Labute approximate surface area is 155 Å². The molecule has 3 heterocycles. The molecule has 0 saturated heterocycles. The molecule has 0 unspecified atom stereocenters. The Morgan fingerprint density at radius 3 is 2.52 bits per heavy atom. The minimum atomic E-state index is -3.94. The first-order valence-electron chi connectivity index (χ1n) is 8.28. The molecule has 10 heteroatoms. The fourth-order valence-electron chi connectivity index (χ4n) is 2.46. The van der Waals surface area contributed by atoms with Gasteiger partial charge in [0.05, 0.1) is 5.69 Å². The fraction of sp³-hybridized carbons (Fsp3) is 0.294. The molecule has 0 fully saturated rings. The van der Waals surface area contributed by atoms with E-state index in [0.29, 0.717) is 36.3 Å². The lowest BCUT2D eigenvalue weighted by molar-refractivity contribution is 0.171. The minimum absolute atomic E-state index is 0.0567. The van der Waals surface area contributed by atoms with Gasteiger partial charge in [0.1, 0.15) is 13.2 Å². The summed E-state index contributed by atoms with van der Waals surface area (Å²) in [6.07, 6.45) is 0. The van der Waals surface area contributed by atoms with Gasteiger partial charge >= 0.3 is 0 Å². The SMILES string of the molecule is CC(C)c1nnc(-c2ccc(S(=O)(=O)Nc3ccc4c(c3)OCCO4)o2)o1. The second kappa shape index (κ2) is 6.62. The van der Waals surface area contributed by atoms with Crippen LogP contribution in [0.2, 0.25) is 0 Å². The standard InChI is InChI=1S/C17H17N3O6S/c1-10(2)16-18-19-17(26-16)13-5-6-15(25-13)27(21,22)20-11-3-4-12-14(9-11)24-8-7-23-12/h3-6,9-10,20H,7-8H2,1-2H3. The van der Waals surface area contributed by atoms with Gasteiger partial charge in [0.15, 0.2) is 17.3 Å². The Balaban J connectivity index is 1.56. The number of furan rings is 1. The summed E-state index contributed by atoms with van der Waals surface area (Å²) < 4.78 is 49.4. The topological polar surface area (TPSA) is 117 Å². The summed E-state index contributed by atoms with van der Waals surface area (Å²) in [4.78, 5) is 0. The molecule has 9 nitrogen and oxygen atoms in total. The van der Waals surface area contributed by atoms with Crippen LogP contribution < -0.4 is 14.2 Å². The first-order valence-corrected chi connectivity index (χ1v) is 9.77. The molecule has 142 valence electrons. The van der Waals surface area contributed by atoms with Crippen molar-refractivity contribution in [3.8, 4) is 23.1 Å². The molecule has 1 aliphatic heterocycles. The van der Waals surface area contributed by atoms with Crippen molar-refractivity contribution in [2.24, 2.45) is 0 Å². The van der Waals surface area contributed by atoms with Crippen LogP contribution >= 0.6 is 0 Å². The van der Waals surface area contributed by atoms with Crippen LogP contribution in [-0.2, 0) is 10.0 Å². The molecule has 0 bridgehead atoms. The zero-order valence-corrected chi connectivity index (χ0v) is 15.4. The van der Waals surface area contributed by atoms with Crippen LogP contribution in [0.25, 0.3) is 11.7 Å². The highest BCUT2D eigenvalue weighted by atomic mass is 32.2. The summed E-state index contributed by atoms with van der Waals surface area (Å²) in [7, 11) is -3.94. The summed E-state index contributed by atoms with van der Waals surface area (Å²) in [5, 5.41) is 7.52. The Morgan fingerprint density at radius 1 is 1.00 bits per heavy atom. The molecule has 0 aliphatic carbocycles. The van der Waals surface area contributed by atoms with Crippen molar-refractivity contribution >= 4 is 15.7 Å². The van der Waals surface area contributed by atoms with Gasteiger partial charge in [-0.1, -0.05) is 13.8 Å². The zero-order valence-electron chi connectivity index (χ0n) is 14.6. The molecule has 1 aromatic carbocycles. The van der Waals surface area contributed by atoms with Crippen molar-refractivity contribution in [2.45, 2.75) is 24.9 Å². The van der Waals surface area contributed by atoms with Gasteiger partial charge < -0.3 is 18.3 Å². The van der Waals surface area contributed by atoms with E-state index in [9.17, 15) is 8.42 Å². The summed E-state index contributed by atoms with van der Waals surface area (Å²) in [5.74, 6) is 1.86. The second-order valence-corrected chi connectivity index (χ2v) is 7.80. The number of sulfonamides is 1. The first-order chi connectivity index (χ1) is 12.9. The molecule has 27 heavy (non-hydrogen) atoms. The fourth-order valence-corrected chi connectivity index (χ4v) is 3.44. The van der Waals surface area contributed by atoms with Crippen LogP contribution in [0.3, 0.4) is 0 Å². The molecule has 1 N–H and O–H groups in total. The van der Waals surface area contributed by atoms with E-state index in [1.54, 1.807) is 18.2 Å². The largest absolute Gasteiger partial charge is 0.486 e.